The number of ether oxygens (including phenoxy) is 1. The van der Waals surface area contributed by atoms with E-state index < -0.39 is 17.8 Å². The second-order valence-electron chi connectivity index (χ2n) is 4.33. The van der Waals surface area contributed by atoms with E-state index in [9.17, 15) is 18.0 Å². The Morgan fingerprint density at radius 1 is 1.30 bits per heavy atom. The van der Waals surface area contributed by atoms with Crippen molar-refractivity contribution in [2.45, 2.75) is 25.9 Å². The summed E-state index contributed by atoms with van der Waals surface area (Å²) < 4.78 is 43.8. The molecule has 0 spiro atoms. The van der Waals surface area contributed by atoms with Crippen molar-refractivity contribution in [2.75, 3.05) is 6.61 Å². The quantitative estimate of drug-likeness (QED) is 0.871. The number of esters is 1. The van der Waals surface area contributed by atoms with Gasteiger partial charge < -0.3 is 9.72 Å². The molecule has 0 saturated carbocycles. The summed E-state index contributed by atoms with van der Waals surface area (Å²) in [5.74, 6) is -0.495. The van der Waals surface area contributed by atoms with Crippen LogP contribution in [0.15, 0.2) is 24.3 Å². The fourth-order valence-electron chi connectivity index (χ4n) is 2.16. The number of fused-ring (bicyclic) bond motifs is 1. The second kappa shape index (κ2) is 5.56. The van der Waals surface area contributed by atoms with E-state index in [0.29, 0.717) is 10.9 Å². The standard InChI is InChI=1S/C14H14F3NO2/c1-2-20-12(19)8-7-10-9-5-3-4-6-11(9)18-13(10)14(15,16)17/h3-6,18H,2,7-8H2,1H3. The first kappa shape index (κ1) is 14.4. The Morgan fingerprint density at radius 2 is 2.00 bits per heavy atom. The Balaban J connectivity index is 2.36. The first-order valence-electron chi connectivity index (χ1n) is 6.26. The average molecular weight is 285 g/mol. The first-order chi connectivity index (χ1) is 9.43. The van der Waals surface area contributed by atoms with Gasteiger partial charge in [0.05, 0.1) is 6.61 Å². The zero-order valence-electron chi connectivity index (χ0n) is 10.9. The molecule has 2 aromatic rings. The number of hydrogen-bond donors (Lipinski definition) is 1. The van der Waals surface area contributed by atoms with Gasteiger partial charge in [-0.1, -0.05) is 18.2 Å². The van der Waals surface area contributed by atoms with Crippen LogP contribution < -0.4 is 0 Å². The molecule has 6 heteroatoms. The Bertz CT molecular complexity index is 616. The van der Waals surface area contributed by atoms with Gasteiger partial charge in [-0.25, -0.2) is 0 Å². The normalized spacial score (nSPS) is 11.8. The lowest BCUT2D eigenvalue weighted by molar-refractivity contribution is -0.144. The van der Waals surface area contributed by atoms with Crippen LogP contribution in [0.1, 0.15) is 24.6 Å². The van der Waals surface area contributed by atoms with Crippen molar-refractivity contribution in [3.63, 3.8) is 0 Å². The van der Waals surface area contributed by atoms with Crippen LogP contribution in [0.25, 0.3) is 10.9 Å². The minimum atomic E-state index is -4.47. The van der Waals surface area contributed by atoms with E-state index in [4.69, 9.17) is 4.74 Å². The SMILES string of the molecule is CCOC(=O)CCc1c(C(F)(F)F)[nH]c2ccccc12. The molecule has 0 bridgehead atoms. The summed E-state index contributed by atoms with van der Waals surface area (Å²) in [5.41, 5.74) is -0.261. The maximum Gasteiger partial charge on any atom is 0.431 e. The van der Waals surface area contributed by atoms with Crippen LogP contribution >= 0.6 is 0 Å². The molecule has 1 aromatic carbocycles. The zero-order chi connectivity index (χ0) is 14.8. The number of carbonyl (C=O) groups excluding carboxylic acids is 1. The van der Waals surface area contributed by atoms with Crippen LogP contribution in [0, 0.1) is 0 Å². The Morgan fingerprint density at radius 3 is 2.65 bits per heavy atom. The lowest BCUT2D eigenvalue weighted by atomic mass is 10.1. The largest absolute Gasteiger partial charge is 0.466 e. The topological polar surface area (TPSA) is 42.1 Å². The van der Waals surface area contributed by atoms with Crippen molar-refractivity contribution in [1.82, 2.24) is 4.98 Å². The number of para-hydroxylation sites is 1. The van der Waals surface area contributed by atoms with Crippen molar-refractivity contribution in [2.24, 2.45) is 0 Å². The fourth-order valence-corrected chi connectivity index (χ4v) is 2.16. The number of hydrogen-bond acceptors (Lipinski definition) is 2. The number of H-pyrrole nitrogens is 1. The number of halogens is 3. The number of nitrogens with one attached hydrogen (secondary N) is 1. The highest BCUT2D eigenvalue weighted by Gasteiger charge is 2.36. The molecular formula is C14H14F3NO2. The lowest BCUT2D eigenvalue weighted by Crippen LogP contribution is -2.11. The Kier molecular flexibility index (Phi) is 4.01. The third kappa shape index (κ3) is 2.95. The van der Waals surface area contributed by atoms with Crippen molar-refractivity contribution in [3.8, 4) is 0 Å². The summed E-state index contributed by atoms with van der Waals surface area (Å²) >= 11 is 0. The summed E-state index contributed by atoms with van der Waals surface area (Å²) in [7, 11) is 0. The van der Waals surface area contributed by atoms with E-state index in [1.165, 1.54) is 0 Å². The van der Waals surface area contributed by atoms with Gasteiger partial charge in [0, 0.05) is 17.3 Å². The number of benzene rings is 1. The van der Waals surface area contributed by atoms with Gasteiger partial charge in [0.25, 0.3) is 0 Å². The Hall–Kier alpha value is -1.98. The molecule has 1 N–H and O–H groups in total. The monoisotopic (exact) mass is 285 g/mol. The van der Waals surface area contributed by atoms with Crippen molar-refractivity contribution < 1.29 is 22.7 Å². The molecule has 0 amide bonds. The van der Waals surface area contributed by atoms with E-state index in [0.717, 1.165) is 0 Å². The summed E-state index contributed by atoms with van der Waals surface area (Å²) in [6.45, 7) is 1.88. The molecule has 0 saturated heterocycles. The molecule has 0 aliphatic carbocycles. The predicted octanol–water partition coefficient (Wildman–Crippen LogP) is 3.68. The molecule has 0 unspecified atom stereocenters. The number of aromatic amines is 1. The molecule has 0 fully saturated rings. The van der Waals surface area contributed by atoms with E-state index in [1.54, 1.807) is 31.2 Å². The van der Waals surface area contributed by atoms with E-state index >= 15 is 0 Å². The van der Waals surface area contributed by atoms with Crippen molar-refractivity contribution >= 4 is 16.9 Å². The highest BCUT2D eigenvalue weighted by molar-refractivity contribution is 5.85. The molecule has 1 aromatic heterocycles. The summed E-state index contributed by atoms with van der Waals surface area (Å²) in [6.07, 6.45) is -4.54. The molecule has 1 heterocycles. The summed E-state index contributed by atoms with van der Waals surface area (Å²) in [5, 5.41) is 0.490. The van der Waals surface area contributed by atoms with E-state index in [-0.39, 0.29) is 25.0 Å². The van der Waals surface area contributed by atoms with Crippen molar-refractivity contribution in [3.05, 3.63) is 35.5 Å². The zero-order valence-corrected chi connectivity index (χ0v) is 10.9. The molecule has 0 radical (unpaired) electrons. The highest BCUT2D eigenvalue weighted by atomic mass is 19.4. The summed E-state index contributed by atoms with van der Waals surface area (Å²) in [6, 6.07) is 6.53. The number of alkyl halides is 3. The Labute approximate surface area is 113 Å². The molecule has 20 heavy (non-hydrogen) atoms. The molecule has 3 nitrogen and oxygen atoms in total. The maximum atomic E-state index is 13.0. The van der Waals surface area contributed by atoms with Crippen LogP contribution in [0.5, 0.6) is 0 Å². The maximum absolute atomic E-state index is 13.0. The summed E-state index contributed by atoms with van der Waals surface area (Å²) in [4.78, 5) is 13.7. The molecule has 0 aliphatic heterocycles. The van der Waals surface area contributed by atoms with Gasteiger partial charge in [0.15, 0.2) is 0 Å². The number of aryl methyl sites for hydroxylation is 1. The predicted molar refractivity (Wildman–Crippen MR) is 68.3 cm³/mol. The first-order valence-corrected chi connectivity index (χ1v) is 6.26. The molecule has 108 valence electrons. The van der Waals surface area contributed by atoms with Gasteiger partial charge in [-0.05, 0) is 25.0 Å². The van der Waals surface area contributed by atoms with Gasteiger partial charge in [-0.15, -0.1) is 0 Å². The van der Waals surface area contributed by atoms with Crippen molar-refractivity contribution in [1.29, 1.82) is 0 Å². The molecule has 0 aliphatic rings. The van der Waals surface area contributed by atoms with E-state index in [2.05, 4.69) is 4.98 Å². The molecule has 2 rings (SSSR count). The van der Waals surface area contributed by atoms with Crippen LogP contribution in [0.3, 0.4) is 0 Å². The fraction of sp³-hybridized carbons (Fsp3) is 0.357. The van der Waals surface area contributed by atoms with Gasteiger partial charge in [0.2, 0.25) is 0 Å². The minimum absolute atomic E-state index is 0.00229. The van der Waals surface area contributed by atoms with Crippen LogP contribution in [0.4, 0.5) is 13.2 Å². The second-order valence-corrected chi connectivity index (χ2v) is 4.33. The van der Waals surface area contributed by atoms with E-state index in [1.807, 2.05) is 0 Å². The van der Waals surface area contributed by atoms with Gasteiger partial charge >= 0.3 is 12.1 Å². The van der Waals surface area contributed by atoms with Gasteiger partial charge in [-0.3, -0.25) is 4.79 Å². The smallest absolute Gasteiger partial charge is 0.431 e. The lowest BCUT2D eigenvalue weighted by Gasteiger charge is -2.08. The highest BCUT2D eigenvalue weighted by Crippen LogP contribution is 2.36. The van der Waals surface area contributed by atoms with Gasteiger partial charge in [-0.2, -0.15) is 13.2 Å². The number of aromatic nitrogens is 1. The molecule has 0 atom stereocenters. The van der Waals surface area contributed by atoms with Crippen LogP contribution in [0.2, 0.25) is 0 Å². The third-order valence-electron chi connectivity index (χ3n) is 2.98. The van der Waals surface area contributed by atoms with Crippen LogP contribution in [-0.4, -0.2) is 17.6 Å². The van der Waals surface area contributed by atoms with Gasteiger partial charge in [0.1, 0.15) is 5.69 Å². The number of rotatable bonds is 4. The minimum Gasteiger partial charge on any atom is -0.466 e. The molecular weight excluding hydrogens is 271 g/mol. The third-order valence-corrected chi connectivity index (χ3v) is 2.98. The average Bonchev–Trinajstić information content (AvgIpc) is 2.75. The number of carbonyl (C=O) groups is 1. The van der Waals surface area contributed by atoms with Crippen LogP contribution in [-0.2, 0) is 22.1 Å².